The third-order valence-corrected chi connectivity index (χ3v) is 25.4. The van der Waals surface area contributed by atoms with Crippen LogP contribution in [0.15, 0.2) is 29.2 Å². The van der Waals surface area contributed by atoms with E-state index >= 15 is 0 Å². The molecule has 2 heteroatoms. The van der Waals surface area contributed by atoms with Crippen molar-refractivity contribution in [2.45, 2.75) is 51.0 Å². The summed E-state index contributed by atoms with van der Waals surface area (Å²) in [6.45, 7) is 1.42. The monoisotopic (exact) mass is 651 g/mol. The molecule has 31 atom stereocenters. The summed E-state index contributed by atoms with van der Waals surface area (Å²) in [6.07, 6.45) is 15.1. The van der Waals surface area contributed by atoms with Gasteiger partial charge in [-0.3, -0.25) is 4.90 Å². The number of allylic oxidation sites excluding steroid dienone is 1. The zero-order chi connectivity index (χ0) is 29.7. The summed E-state index contributed by atoms with van der Waals surface area (Å²) in [7, 11) is 2.62. The maximum atomic E-state index is 3.25. The zero-order valence-corrected chi connectivity index (χ0v) is 29.5. The molecule has 15 saturated carbocycles. The number of rotatable bonds is 1. The maximum absolute atomic E-state index is 3.25. The minimum atomic E-state index is 0.507. The highest BCUT2D eigenvalue weighted by Gasteiger charge is 2.89. The molecule has 0 bridgehead atoms. The average Bonchev–Trinajstić information content (AvgIpc) is 3.92. The van der Waals surface area contributed by atoms with E-state index < -0.39 is 0 Å². The summed E-state index contributed by atoms with van der Waals surface area (Å²) in [5, 5.41) is 2.44. The topological polar surface area (TPSA) is 3.24 Å². The Morgan fingerprint density at radius 1 is 0.562 bits per heavy atom. The van der Waals surface area contributed by atoms with E-state index in [0.717, 1.165) is 65.1 Å². The minimum absolute atomic E-state index is 0.507. The first-order valence-corrected chi connectivity index (χ1v) is 23.0. The van der Waals surface area contributed by atoms with Gasteiger partial charge in [0.15, 0.2) is 0 Å². The van der Waals surface area contributed by atoms with Gasteiger partial charge < -0.3 is 0 Å². The van der Waals surface area contributed by atoms with Crippen LogP contribution in [0.25, 0.3) is 0 Å². The molecule has 1 aliphatic heterocycles. The molecule has 0 N–H and O–H groups in total. The van der Waals surface area contributed by atoms with E-state index in [1.165, 1.54) is 113 Å². The normalized spacial score (nSPS) is 78.8. The minimum Gasteiger partial charge on any atom is -0.297 e. The van der Waals surface area contributed by atoms with Crippen molar-refractivity contribution in [3.05, 3.63) is 34.0 Å². The van der Waals surface area contributed by atoms with Gasteiger partial charge in [0.2, 0.25) is 0 Å². The van der Waals surface area contributed by atoms with Crippen LogP contribution in [0.4, 0.5) is 0 Å². The highest BCUT2D eigenvalue weighted by atomic mass is 32.1. The van der Waals surface area contributed by atoms with Gasteiger partial charge in [0.25, 0.3) is 0 Å². The van der Waals surface area contributed by atoms with Gasteiger partial charge in [0.1, 0.15) is 0 Å². The van der Waals surface area contributed by atoms with Crippen molar-refractivity contribution >= 4 is 11.3 Å². The lowest BCUT2D eigenvalue weighted by Gasteiger charge is -2.64. The summed E-state index contributed by atoms with van der Waals surface area (Å²) in [6, 6.07) is 5.71. The fraction of sp³-hybridized carbons (Fsp3) is 0.870. The van der Waals surface area contributed by atoms with Gasteiger partial charge >= 0.3 is 0 Å². The van der Waals surface area contributed by atoms with Crippen LogP contribution < -0.4 is 0 Å². The van der Waals surface area contributed by atoms with Gasteiger partial charge in [-0.25, -0.2) is 0 Å². The van der Waals surface area contributed by atoms with Crippen LogP contribution in [0, 0.1) is 177 Å². The average molecular weight is 652 g/mol. The van der Waals surface area contributed by atoms with Crippen molar-refractivity contribution in [1.82, 2.24) is 4.90 Å². The lowest BCUT2D eigenvalue weighted by Crippen LogP contribution is -2.61. The molecule has 1 nitrogen and oxygen atoms in total. The standard InChI is InChI=1S/C46H53NS/c1-47-13-46-12-20-10-18-8-15-5-14-6-17-7-16-9-19-11-21(43(46)45(47)22-3-2-4-48-22)30-35-26(19)25(16)32-27(17)31-23(14)24(15)33-28(18)34-29(20)44(46)42(30)41-39(34)37(33)36(31)38(32)40(35)41/h2-4,12,14-19,21,23-45H,5-11,13H2,1H3. The van der Waals surface area contributed by atoms with E-state index in [1.54, 1.807) is 49.8 Å². The van der Waals surface area contributed by atoms with Crippen LogP contribution in [-0.4, -0.2) is 18.5 Å². The number of fused-ring (bicyclic) bond motifs is 1. The van der Waals surface area contributed by atoms with Crippen molar-refractivity contribution in [3.63, 3.8) is 0 Å². The Labute approximate surface area is 290 Å². The third-order valence-electron chi connectivity index (χ3n) is 24.5. The second-order valence-electron chi connectivity index (χ2n) is 23.6. The summed E-state index contributed by atoms with van der Waals surface area (Å²) in [5.41, 5.74) is 2.65. The highest BCUT2D eigenvalue weighted by molar-refractivity contribution is 7.10. The van der Waals surface area contributed by atoms with Gasteiger partial charge in [-0.05, 0) is 235 Å². The number of thiophene rings is 1. The number of hydrogen-bond donors (Lipinski definition) is 0. The number of hydrogen-bond acceptors (Lipinski definition) is 2. The largest absolute Gasteiger partial charge is 0.297 e. The molecule has 31 unspecified atom stereocenters. The first kappa shape index (κ1) is 24.6. The molecule has 16 fully saturated rings. The molecule has 0 radical (unpaired) electrons. The Morgan fingerprint density at radius 3 is 1.73 bits per heavy atom. The zero-order valence-electron chi connectivity index (χ0n) is 28.6. The summed E-state index contributed by atoms with van der Waals surface area (Å²) in [4.78, 5) is 4.75. The van der Waals surface area contributed by atoms with Gasteiger partial charge in [0, 0.05) is 22.9 Å². The predicted molar refractivity (Wildman–Crippen MR) is 184 cm³/mol. The van der Waals surface area contributed by atoms with Crippen molar-refractivity contribution in [2.75, 3.05) is 13.6 Å². The number of nitrogens with zero attached hydrogens (tertiary/aromatic N) is 1. The lowest BCUT2D eigenvalue weighted by atomic mass is 9.40. The summed E-state index contributed by atoms with van der Waals surface area (Å²) >= 11 is 2.14. The first-order chi connectivity index (χ1) is 23.7. The van der Waals surface area contributed by atoms with E-state index in [-0.39, 0.29) is 0 Å². The van der Waals surface area contributed by atoms with Crippen molar-refractivity contribution in [1.29, 1.82) is 0 Å². The Bertz CT molecular complexity index is 1830. The van der Waals surface area contributed by atoms with E-state index in [9.17, 15) is 0 Å². The molecule has 248 valence electrons. The number of likely N-dealkylation sites (tertiary alicyclic amines) is 1. The molecule has 18 rings (SSSR count). The predicted octanol–water partition coefficient (Wildman–Crippen LogP) is 8.47. The van der Waals surface area contributed by atoms with Gasteiger partial charge in [-0.2, -0.15) is 0 Å². The van der Waals surface area contributed by atoms with Crippen LogP contribution >= 0.6 is 11.3 Å². The molecule has 1 spiro atoms. The third kappa shape index (κ3) is 1.98. The van der Waals surface area contributed by atoms with Crippen LogP contribution in [0.5, 0.6) is 0 Å². The Kier molecular flexibility index (Phi) is 3.56. The van der Waals surface area contributed by atoms with Crippen LogP contribution in [0.2, 0.25) is 0 Å². The molecule has 0 amide bonds. The Hall–Kier alpha value is -0.600. The van der Waals surface area contributed by atoms with E-state index in [1.807, 2.05) is 0 Å². The van der Waals surface area contributed by atoms with E-state index in [2.05, 4.69) is 52.4 Å². The molecular formula is C46H53NS. The lowest BCUT2D eigenvalue weighted by molar-refractivity contribution is -0.159. The molecule has 1 aromatic rings. The summed E-state index contributed by atoms with van der Waals surface area (Å²) < 4.78 is 0. The fourth-order valence-corrected chi connectivity index (χ4v) is 27.4. The molecule has 16 aliphatic carbocycles. The SMILES string of the molecule is CN1CC23C=C4CC5CC6CC7CC8CC9CC%10CC(C%11C%12C%10C9C9C8C8C7C6C6C5C5C4C2C%11C2C5C6C8C9C%122)C3C1c1cccs1. The van der Waals surface area contributed by atoms with Crippen LogP contribution in [0.1, 0.15) is 55.9 Å². The first-order valence-electron chi connectivity index (χ1n) is 22.2. The van der Waals surface area contributed by atoms with Gasteiger partial charge in [0.05, 0.1) is 0 Å². The smallest absolute Gasteiger partial charge is 0.0478 e. The fourth-order valence-electron chi connectivity index (χ4n) is 26.4. The molecule has 17 aliphatic rings. The maximum Gasteiger partial charge on any atom is 0.0478 e. The Balaban J connectivity index is 0.984. The molecule has 48 heavy (non-hydrogen) atoms. The molecule has 1 aromatic heterocycles. The van der Waals surface area contributed by atoms with Crippen molar-refractivity contribution < 1.29 is 0 Å². The molecular weight excluding hydrogens is 599 g/mol. The van der Waals surface area contributed by atoms with E-state index in [0.29, 0.717) is 11.5 Å². The highest BCUT2D eigenvalue weighted by Crippen LogP contribution is 2.93. The van der Waals surface area contributed by atoms with Gasteiger partial charge in [-0.15, -0.1) is 11.3 Å². The van der Waals surface area contributed by atoms with Gasteiger partial charge in [-0.1, -0.05) is 17.7 Å². The van der Waals surface area contributed by atoms with E-state index in [4.69, 9.17) is 0 Å². The van der Waals surface area contributed by atoms with Crippen LogP contribution in [0.3, 0.4) is 0 Å². The molecule has 1 saturated heterocycles. The van der Waals surface area contributed by atoms with Crippen molar-refractivity contribution in [2.24, 2.45) is 177 Å². The van der Waals surface area contributed by atoms with Crippen molar-refractivity contribution in [3.8, 4) is 0 Å². The Morgan fingerprint density at radius 2 is 1.08 bits per heavy atom. The molecule has 0 aromatic carbocycles. The quantitative estimate of drug-likeness (QED) is 0.276. The second kappa shape index (κ2) is 6.94. The van der Waals surface area contributed by atoms with Crippen LogP contribution in [-0.2, 0) is 0 Å². The molecule has 2 heterocycles. The summed E-state index contributed by atoms with van der Waals surface area (Å²) in [5.74, 6) is 33.6. The second-order valence-corrected chi connectivity index (χ2v) is 24.6.